The quantitative estimate of drug-likeness (QED) is 0.478. The molecule has 0 radical (unpaired) electrons. The summed E-state index contributed by atoms with van der Waals surface area (Å²) in [5.41, 5.74) is 6.50. The van der Waals surface area contributed by atoms with Crippen LogP contribution in [0.4, 0.5) is 10.1 Å². The molecule has 0 fully saturated rings. The number of aliphatic imine (C=N–C) groups is 1. The van der Waals surface area contributed by atoms with Gasteiger partial charge in [0.25, 0.3) is 5.91 Å². The Labute approximate surface area is 182 Å². The van der Waals surface area contributed by atoms with E-state index in [0.29, 0.717) is 18.9 Å². The van der Waals surface area contributed by atoms with Crippen LogP contribution in [-0.2, 0) is 13.5 Å². The van der Waals surface area contributed by atoms with Gasteiger partial charge in [-0.25, -0.2) is 4.39 Å². The van der Waals surface area contributed by atoms with Gasteiger partial charge in [-0.2, -0.15) is 5.10 Å². The number of hydrogen-bond donors (Lipinski definition) is 2. The molecule has 1 heterocycles. The smallest absolute Gasteiger partial charge is 0.258 e. The number of anilines is 1. The largest absolute Gasteiger partial charge is 0.326 e. The van der Waals surface area contributed by atoms with Gasteiger partial charge in [-0.1, -0.05) is 18.2 Å². The van der Waals surface area contributed by atoms with Crippen LogP contribution in [0.15, 0.2) is 47.5 Å². The standard InChI is InChI=1S/C24H28FN5O/c1-15-8-6-11-22(16(15)2)27-24(28-23(31)19-9-7-10-20(25)14-19)26-13-12-21-17(3)29-30(5)18(21)4/h6-11,14H,12-13H2,1-5H3,(H2,26,27,28,31). The first-order chi connectivity index (χ1) is 14.8. The van der Waals surface area contributed by atoms with Crippen molar-refractivity contribution in [1.29, 1.82) is 0 Å². The van der Waals surface area contributed by atoms with Gasteiger partial charge in [-0.05, 0) is 75.1 Å². The molecule has 3 aromatic rings. The van der Waals surface area contributed by atoms with Crippen LogP contribution in [-0.4, -0.2) is 28.2 Å². The first kappa shape index (κ1) is 22.2. The molecule has 0 aliphatic carbocycles. The van der Waals surface area contributed by atoms with Crippen LogP contribution in [0.3, 0.4) is 0 Å². The van der Waals surface area contributed by atoms with Crippen LogP contribution in [0.1, 0.15) is 38.4 Å². The SMILES string of the molecule is Cc1cccc(NC(=NCCc2c(C)nn(C)c2C)NC(=O)c2cccc(F)c2)c1C. The first-order valence-corrected chi connectivity index (χ1v) is 10.2. The second-order valence-electron chi connectivity index (χ2n) is 7.59. The van der Waals surface area contributed by atoms with Crippen molar-refractivity contribution >= 4 is 17.6 Å². The van der Waals surface area contributed by atoms with E-state index in [0.717, 1.165) is 33.8 Å². The molecule has 0 aliphatic rings. The topological polar surface area (TPSA) is 71.3 Å². The number of carbonyl (C=O) groups is 1. The van der Waals surface area contributed by atoms with E-state index in [1.165, 1.54) is 18.2 Å². The number of carbonyl (C=O) groups excluding carboxylic acids is 1. The van der Waals surface area contributed by atoms with Crippen LogP contribution in [0, 0.1) is 33.5 Å². The van der Waals surface area contributed by atoms with Crippen LogP contribution in [0.2, 0.25) is 0 Å². The molecule has 0 aliphatic heterocycles. The van der Waals surface area contributed by atoms with Crippen LogP contribution in [0.5, 0.6) is 0 Å². The Morgan fingerprint density at radius 3 is 2.55 bits per heavy atom. The van der Waals surface area contributed by atoms with Gasteiger partial charge in [-0.15, -0.1) is 0 Å². The van der Waals surface area contributed by atoms with E-state index in [2.05, 4.69) is 20.7 Å². The van der Waals surface area contributed by atoms with E-state index in [1.807, 2.05) is 57.6 Å². The molecule has 0 spiro atoms. The van der Waals surface area contributed by atoms with Crippen molar-refractivity contribution in [1.82, 2.24) is 15.1 Å². The van der Waals surface area contributed by atoms with E-state index >= 15 is 0 Å². The summed E-state index contributed by atoms with van der Waals surface area (Å²) in [6, 6.07) is 11.5. The molecule has 0 saturated carbocycles. The van der Waals surface area contributed by atoms with Crippen molar-refractivity contribution in [2.75, 3.05) is 11.9 Å². The summed E-state index contributed by atoms with van der Waals surface area (Å²) in [7, 11) is 1.92. The number of benzene rings is 2. The molecule has 0 atom stereocenters. The minimum absolute atomic E-state index is 0.231. The summed E-state index contributed by atoms with van der Waals surface area (Å²) in [5, 5.41) is 10.5. The Bertz CT molecular complexity index is 1130. The predicted octanol–water partition coefficient (Wildman–Crippen LogP) is 4.23. The van der Waals surface area contributed by atoms with E-state index in [4.69, 9.17) is 0 Å². The molecule has 1 amide bonds. The second-order valence-corrected chi connectivity index (χ2v) is 7.59. The first-order valence-electron chi connectivity index (χ1n) is 10.2. The number of nitrogens with zero attached hydrogens (tertiary/aromatic N) is 3. The van der Waals surface area contributed by atoms with Gasteiger partial charge in [-0.3, -0.25) is 19.8 Å². The molecule has 7 heteroatoms. The molecule has 0 unspecified atom stereocenters. The Morgan fingerprint density at radius 1 is 1.13 bits per heavy atom. The normalized spacial score (nSPS) is 11.5. The number of amides is 1. The third-order valence-electron chi connectivity index (χ3n) is 5.47. The van der Waals surface area contributed by atoms with Gasteiger partial charge in [0.05, 0.1) is 5.69 Å². The number of nitrogens with one attached hydrogen (secondary N) is 2. The maximum atomic E-state index is 13.5. The molecular weight excluding hydrogens is 393 g/mol. The average molecular weight is 422 g/mol. The maximum Gasteiger partial charge on any atom is 0.258 e. The molecule has 2 aromatic carbocycles. The molecule has 6 nitrogen and oxygen atoms in total. The highest BCUT2D eigenvalue weighted by atomic mass is 19.1. The van der Waals surface area contributed by atoms with E-state index in [-0.39, 0.29) is 5.56 Å². The lowest BCUT2D eigenvalue weighted by Gasteiger charge is -2.15. The highest BCUT2D eigenvalue weighted by Crippen LogP contribution is 2.18. The molecular formula is C24H28FN5O. The zero-order valence-corrected chi connectivity index (χ0v) is 18.6. The summed E-state index contributed by atoms with van der Waals surface area (Å²) in [6.45, 7) is 8.50. The lowest BCUT2D eigenvalue weighted by Crippen LogP contribution is -2.36. The molecule has 0 bridgehead atoms. The summed E-state index contributed by atoms with van der Waals surface area (Å²) < 4.78 is 15.4. The van der Waals surface area contributed by atoms with Gasteiger partial charge in [0.2, 0.25) is 5.96 Å². The van der Waals surface area contributed by atoms with Crippen LogP contribution >= 0.6 is 0 Å². The van der Waals surface area contributed by atoms with E-state index in [9.17, 15) is 9.18 Å². The van der Waals surface area contributed by atoms with Crippen molar-refractivity contribution in [3.63, 3.8) is 0 Å². The van der Waals surface area contributed by atoms with Crippen molar-refractivity contribution in [3.05, 3.63) is 81.9 Å². The minimum atomic E-state index is -0.462. The molecule has 0 saturated heterocycles. The van der Waals surface area contributed by atoms with Gasteiger partial charge in [0, 0.05) is 30.5 Å². The fourth-order valence-corrected chi connectivity index (χ4v) is 3.39. The average Bonchev–Trinajstić information content (AvgIpc) is 2.97. The van der Waals surface area contributed by atoms with E-state index in [1.54, 1.807) is 6.07 Å². The van der Waals surface area contributed by atoms with Gasteiger partial charge in [0.1, 0.15) is 5.82 Å². The van der Waals surface area contributed by atoms with Gasteiger partial charge >= 0.3 is 0 Å². The number of hydrogen-bond acceptors (Lipinski definition) is 3. The Morgan fingerprint density at radius 2 is 1.87 bits per heavy atom. The molecule has 1 aromatic heterocycles. The Balaban J connectivity index is 1.83. The number of halogens is 1. The lowest BCUT2D eigenvalue weighted by atomic mass is 10.1. The summed E-state index contributed by atoms with van der Waals surface area (Å²) >= 11 is 0. The van der Waals surface area contributed by atoms with Crippen LogP contribution in [0.25, 0.3) is 0 Å². The monoisotopic (exact) mass is 421 g/mol. The maximum absolute atomic E-state index is 13.5. The van der Waals surface area contributed by atoms with Crippen LogP contribution < -0.4 is 10.6 Å². The summed E-state index contributed by atoms with van der Waals surface area (Å²) in [5.74, 6) is -0.567. The van der Waals surface area contributed by atoms with Crippen molar-refractivity contribution in [2.45, 2.75) is 34.1 Å². The molecule has 162 valence electrons. The Hall–Kier alpha value is -3.48. The highest BCUT2D eigenvalue weighted by molar-refractivity contribution is 6.10. The molecule has 2 N–H and O–H groups in total. The minimum Gasteiger partial charge on any atom is -0.326 e. The van der Waals surface area contributed by atoms with Gasteiger partial charge < -0.3 is 5.32 Å². The molecule has 31 heavy (non-hydrogen) atoms. The summed E-state index contributed by atoms with van der Waals surface area (Å²) in [4.78, 5) is 17.3. The van der Waals surface area contributed by atoms with Crippen molar-refractivity contribution in [3.8, 4) is 0 Å². The zero-order chi connectivity index (χ0) is 22.5. The van der Waals surface area contributed by atoms with Gasteiger partial charge in [0.15, 0.2) is 0 Å². The number of rotatable bonds is 5. The fraction of sp³-hybridized carbons (Fsp3) is 0.292. The number of aromatic nitrogens is 2. The Kier molecular flexibility index (Phi) is 6.84. The fourth-order valence-electron chi connectivity index (χ4n) is 3.39. The summed E-state index contributed by atoms with van der Waals surface area (Å²) in [6.07, 6.45) is 0.694. The third-order valence-corrected chi connectivity index (χ3v) is 5.47. The van der Waals surface area contributed by atoms with Crippen molar-refractivity contribution < 1.29 is 9.18 Å². The second kappa shape index (κ2) is 9.55. The van der Waals surface area contributed by atoms with E-state index < -0.39 is 11.7 Å². The number of aryl methyl sites for hydroxylation is 3. The highest BCUT2D eigenvalue weighted by Gasteiger charge is 2.13. The zero-order valence-electron chi connectivity index (χ0n) is 18.6. The number of guanidine groups is 1. The third kappa shape index (κ3) is 5.36. The lowest BCUT2D eigenvalue weighted by molar-refractivity contribution is 0.0976. The predicted molar refractivity (Wildman–Crippen MR) is 122 cm³/mol. The molecule has 3 rings (SSSR count). The van der Waals surface area contributed by atoms with Crippen molar-refractivity contribution in [2.24, 2.45) is 12.0 Å².